The van der Waals surface area contributed by atoms with Crippen LogP contribution in [-0.4, -0.2) is 11.4 Å². The van der Waals surface area contributed by atoms with E-state index < -0.39 is 5.54 Å². The summed E-state index contributed by atoms with van der Waals surface area (Å²) in [4.78, 5) is 12.0. The Hall–Kier alpha value is -1.06. The lowest BCUT2D eigenvalue weighted by molar-refractivity contribution is -0.121. The SMILES string of the molecule is CC(N)(C(=O)Nc1ccccc1Cl)C1CC1. The summed E-state index contributed by atoms with van der Waals surface area (Å²) in [5.41, 5.74) is 5.83. The van der Waals surface area contributed by atoms with Gasteiger partial charge in [0.25, 0.3) is 0 Å². The number of nitrogens with two attached hydrogens (primary N) is 1. The van der Waals surface area contributed by atoms with E-state index in [4.69, 9.17) is 17.3 Å². The minimum absolute atomic E-state index is 0.164. The summed E-state index contributed by atoms with van der Waals surface area (Å²) >= 11 is 5.96. The highest BCUT2D eigenvalue weighted by atomic mass is 35.5. The lowest BCUT2D eigenvalue weighted by Gasteiger charge is -2.23. The number of carbonyl (C=O) groups is 1. The maximum atomic E-state index is 12.0. The summed E-state index contributed by atoms with van der Waals surface area (Å²) < 4.78 is 0. The van der Waals surface area contributed by atoms with E-state index in [2.05, 4.69) is 5.32 Å². The third-order valence-corrected chi connectivity index (χ3v) is 3.37. The van der Waals surface area contributed by atoms with Crippen molar-refractivity contribution < 1.29 is 4.79 Å². The fourth-order valence-electron chi connectivity index (χ4n) is 1.69. The molecule has 1 aliphatic carbocycles. The molecule has 1 unspecified atom stereocenters. The third kappa shape index (κ3) is 2.20. The van der Waals surface area contributed by atoms with Crippen LogP contribution >= 0.6 is 11.6 Å². The van der Waals surface area contributed by atoms with Crippen LogP contribution in [0.4, 0.5) is 5.69 Å². The van der Waals surface area contributed by atoms with Crippen LogP contribution < -0.4 is 11.1 Å². The number of anilines is 1. The molecule has 3 N–H and O–H groups in total. The summed E-state index contributed by atoms with van der Waals surface area (Å²) in [6.07, 6.45) is 2.06. The summed E-state index contributed by atoms with van der Waals surface area (Å²) in [6, 6.07) is 7.15. The topological polar surface area (TPSA) is 55.1 Å². The molecule has 0 heterocycles. The van der Waals surface area contributed by atoms with Gasteiger partial charge in [0.15, 0.2) is 0 Å². The minimum atomic E-state index is -0.792. The molecule has 0 saturated heterocycles. The first-order valence-electron chi connectivity index (χ1n) is 5.36. The number of carbonyl (C=O) groups excluding carboxylic acids is 1. The molecule has 1 aliphatic rings. The van der Waals surface area contributed by atoms with Crippen LogP contribution in [0.15, 0.2) is 24.3 Å². The van der Waals surface area contributed by atoms with E-state index in [0.717, 1.165) is 12.8 Å². The van der Waals surface area contributed by atoms with Crippen molar-refractivity contribution >= 4 is 23.2 Å². The molecule has 1 atom stereocenters. The average Bonchev–Trinajstić information content (AvgIpc) is 3.04. The minimum Gasteiger partial charge on any atom is -0.323 e. The molecule has 0 aliphatic heterocycles. The fraction of sp³-hybridized carbons (Fsp3) is 0.417. The molecule has 3 nitrogen and oxygen atoms in total. The van der Waals surface area contributed by atoms with Gasteiger partial charge in [-0.15, -0.1) is 0 Å². The Balaban J connectivity index is 2.10. The standard InChI is InChI=1S/C12H15ClN2O/c1-12(14,8-6-7-8)11(16)15-10-5-3-2-4-9(10)13/h2-5,8H,6-7,14H2,1H3,(H,15,16). The second-order valence-electron chi connectivity index (χ2n) is 4.49. The predicted octanol–water partition coefficient (Wildman–Crippen LogP) is 2.41. The van der Waals surface area contributed by atoms with Crippen LogP contribution in [0.5, 0.6) is 0 Å². The first-order chi connectivity index (χ1) is 7.51. The number of amides is 1. The number of benzene rings is 1. The van der Waals surface area contributed by atoms with E-state index in [1.807, 2.05) is 12.1 Å². The van der Waals surface area contributed by atoms with E-state index >= 15 is 0 Å². The predicted molar refractivity (Wildman–Crippen MR) is 65.4 cm³/mol. The van der Waals surface area contributed by atoms with Crippen molar-refractivity contribution in [2.24, 2.45) is 11.7 Å². The van der Waals surface area contributed by atoms with Crippen molar-refractivity contribution in [3.8, 4) is 0 Å². The third-order valence-electron chi connectivity index (χ3n) is 3.04. The molecular weight excluding hydrogens is 224 g/mol. The Morgan fingerprint density at radius 1 is 1.50 bits per heavy atom. The van der Waals surface area contributed by atoms with Gasteiger partial charge in [-0.2, -0.15) is 0 Å². The molecular formula is C12H15ClN2O. The zero-order valence-electron chi connectivity index (χ0n) is 9.16. The van der Waals surface area contributed by atoms with Gasteiger partial charge in [-0.3, -0.25) is 4.79 Å². The van der Waals surface area contributed by atoms with Gasteiger partial charge in [0.2, 0.25) is 5.91 Å². The van der Waals surface area contributed by atoms with E-state index in [-0.39, 0.29) is 5.91 Å². The van der Waals surface area contributed by atoms with Gasteiger partial charge < -0.3 is 11.1 Å². The highest BCUT2D eigenvalue weighted by Crippen LogP contribution is 2.38. The number of nitrogens with one attached hydrogen (secondary N) is 1. The number of hydrogen-bond acceptors (Lipinski definition) is 2. The van der Waals surface area contributed by atoms with Gasteiger partial charge in [0.1, 0.15) is 0 Å². The van der Waals surface area contributed by atoms with Crippen molar-refractivity contribution in [3.05, 3.63) is 29.3 Å². The van der Waals surface area contributed by atoms with E-state index in [1.54, 1.807) is 19.1 Å². The van der Waals surface area contributed by atoms with Gasteiger partial charge in [-0.1, -0.05) is 23.7 Å². The second kappa shape index (κ2) is 4.07. The van der Waals surface area contributed by atoms with Crippen LogP contribution in [0.1, 0.15) is 19.8 Å². The molecule has 1 aromatic rings. The molecule has 1 amide bonds. The van der Waals surface area contributed by atoms with Gasteiger partial charge in [0.05, 0.1) is 16.2 Å². The molecule has 0 bridgehead atoms. The highest BCUT2D eigenvalue weighted by Gasteiger charge is 2.44. The highest BCUT2D eigenvalue weighted by molar-refractivity contribution is 6.33. The summed E-state index contributed by atoms with van der Waals surface area (Å²) in [5.74, 6) is 0.137. The molecule has 2 rings (SSSR count). The van der Waals surface area contributed by atoms with E-state index in [1.165, 1.54) is 0 Å². The van der Waals surface area contributed by atoms with Crippen molar-refractivity contribution in [1.29, 1.82) is 0 Å². The Morgan fingerprint density at radius 2 is 2.12 bits per heavy atom. The summed E-state index contributed by atoms with van der Waals surface area (Å²) in [5, 5.41) is 3.31. The van der Waals surface area contributed by atoms with Crippen LogP contribution in [0.2, 0.25) is 5.02 Å². The van der Waals surface area contributed by atoms with E-state index in [0.29, 0.717) is 16.6 Å². The molecule has 1 saturated carbocycles. The first-order valence-corrected chi connectivity index (χ1v) is 5.74. The van der Waals surface area contributed by atoms with Gasteiger partial charge >= 0.3 is 0 Å². The average molecular weight is 239 g/mol. The van der Waals surface area contributed by atoms with Crippen LogP contribution in [0.25, 0.3) is 0 Å². The van der Waals surface area contributed by atoms with Crippen molar-refractivity contribution in [2.75, 3.05) is 5.32 Å². The molecule has 0 spiro atoms. The Kier molecular flexibility index (Phi) is 2.91. The van der Waals surface area contributed by atoms with Crippen molar-refractivity contribution in [3.63, 3.8) is 0 Å². The van der Waals surface area contributed by atoms with Gasteiger partial charge in [-0.05, 0) is 37.8 Å². The molecule has 1 aromatic carbocycles. The molecule has 4 heteroatoms. The van der Waals surface area contributed by atoms with E-state index in [9.17, 15) is 4.79 Å². The largest absolute Gasteiger partial charge is 0.323 e. The van der Waals surface area contributed by atoms with Gasteiger partial charge in [-0.25, -0.2) is 0 Å². The van der Waals surface area contributed by atoms with Crippen LogP contribution in [-0.2, 0) is 4.79 Å². The Morgan fingerprint density at radius 3 is 2.69 bits per heavy atom. The monoisotopic (exact) mass is 238 g/mol. The zero-order chi connectivity index (χ0) is 11.8. The molecule has 1 fully saturated rings. The van der Waals surface area contributed by atoms with Crippen LogP contribution in [0.3, 0.4) is 0 Å². The van der Waals surface area contributed by atoms with Crippen molar-refractivity contribution in [2.45, 2.75) is 25.3 Å². The molecule has 86 valence electrons. The summed E-state index contributed by atoms with van der Waals surface area (Å²) in [6.45, 7) is 1.77. The molecule has 16 heavy (non-hydrogen) atoms. The maximum absolute atomic E-state index is 12.0. The molecule has 0 aromatic heterocycles. The lowest BCUT2D eigenvalue weighted by atomic mass is 9.96. The zero-order valence-corrected chi connectivity index (χ0v) is 9.92. The smallest absolute Gasteiger partial charge is 0.244 e. The summed E-state index contributed by atoms with van der Waals surface area (Å²) in [7, 11) is 0. The quantitative estimate of drug-likeness (QED) is 0.850. The normalized spacial score (nSPS) is 18.9. The number of halogens is 1. The number of rotatable bonds is 3. The number of hydrogen-bond donors (Lipinski definition) is 2. The van der Waals surface area contributed by atoms with Crippen molar-refractivity contribution in [1.82, 2.24) is 0 Å². The fourth-order valence-corrected chi connectivity index (χ4v) is 1.87. The molecule has 0 radical (unpaired) electrons. The Bertz CT molecular complexity index is 413. The Labute approximate surface area is 100.0 Å². The van der Waals surface area contributed by atoms with Gasteiger partial charge in [0, 0.05) is 0 Å². The first kappa shape index (κ1) is 11.4. The maximum Gasteiger partial charge on any atom is 0.244 e. The van der Waals surface area contributed by atoms with Crippen LogP contribution in [0, 0.1) is 5.92 Å². The number of para-hydroxylation sites is 1. The lowest BCUT2D eigenvalue weighted by Crippen LogP contribution is -2.50. The second-order valence-corrected chi connectivity index (χ2v) is 4.90.